The van der Waals surface area contributed by atoms with Gasteiger partial charge in [-0.2, -0.15) is 0 Å². The molecule has 0 amide bonds. The fraction of sp³-hybridized carbons (Fsp3) is 0.308. The van der Waals surface area contributed by atoms with Crippen LogP contribution in [0.3, 0.4) is 0 Å². The minimum atomic E-state index is -2.99. The third kappa shape index (κ3) is 3.28. The van der Waals surface area contributed by atoms with Gasteiger partial charge < -0.3 is 10.2 Å². The number of carbonyl (C=O) groups excluding carboxylic acids is 1. The van der Waals surface area contributed by atoms with Crippen LogP contribution in [0.2, 0.25) is 0 Å². The van der Waals surface area contributed by atoms with E-state index in [2.05, 4.69) is 19.6 Å². The van der Waals surface area contributed by atoms with Gasteiger partial charge in [0.05, 0.1) is 14.2 Å². The number of carbonyl (C=O) groups is 3. The number of rotatable bonds is 9. The van der Waals surface area contributed by atoms with Crippen LogP contribution in [0.15, 0.2) is 30.3 Å². The summed E-state index contributed by atoms with van der Waals surface area (Å²) >= 11 is 0. The molecule has 0 aliphatic rings. The van der Waals surface area contributed by atoms with E-state index in [1.165, 1.54) is 24.3 Å². The smallest absolute Gasteiger partial charge is 0.351 e. The molecule has 2 unspecified atom stereocenters. The number of ketones is 1. The Labute approximate surface area is 124 Å². The maximum Gasteiger partial charge on any atom is 0.351 e. The molecule has 0 aliphatic heterocycles. The lowest BCUT2D eigenvalue weighted by Crippen LogP contribution is -2.61. The fourth-order valence-corrected chi connectivity index (χ4v) is 1.76. The van der Waals surface area contributed by atoms with E-state index in [0.717, 1.165) is 14.2 Å². The normalized spacial score (nSPS) is 14.8. The van der Waals surface area contributed by atoms with Gasteiger partial charge in [0.1, 0.15) is 0 Å². The van der Waals surface area contributed by atoms with Crippen molar-refractivity contribution in [1.82, 2.24) is 0 Å². The molecule has 0 heterocycles. The van der Waals surface area contributed by atoms with E-state index in [9.17, 15) is 19.5 Å². The Hall–Kier alpha value is -2.33. The highest BCUT2D eigenvalue weighted by molar-refractivity contribution is 6.17. The molecule has 0 spiro atoms. The maximum absolute atomic E-state index is 12.5. The monoisotopic (exact) mass is 314 g/mol. The first-order chi connectivity index (χ1) is 10.4. The molecule has 0 saturated carbocycles. The molecule has 9 heteroatoms. The molecular weight excluding hydrogens is 300 g/mol. The van der Waals surface area contributed by atoms with Crippen molar-refractivity contribution in [3.8, 4) is 0 Å². The van der Waals surface area contributed by atoms with Gasteiger partial charge in [0, 0.05) is 5.56 Å². The molecule has 1 aromatic rings. The summed E-state index contributed by atoms with van der Waals surface area (Å²) in [4.78, 5) is 52.9. The van der Waals surface area contributed by atoms with Crippen molar-refractivity contribution in [2.45, 2.75) is 11.7 Å². The molecule has 1 rings (SSSR count). The van der Waals surface area contributed by atoms with Gasteiger partial charge in [-0.25, -0.2) is 29.1 Å². The molecule has 0 radical (unpaired) electrons. The van der Waals surface area contributed by atoms with Crippen molar-refractivity contribution in [1.29, 1.82) is 0 Å². The fourth-order valence-electron chi connectivity index (χ4n) is 1.76. The molecule has 0 saturated heterocycles. The Morgan fingerprint density at radius 3 is 2.05 bits per heavy atom. The van der Waals surface area contributed by atoms with E-state index in [1.54, 1.807) is 6.07 Å². The van der Waals surface area contributed by atoms with Crippen LogP contribution in [0, 0.1) is 0 Å². The topological polar surface area (TPSA) is 129 Å². The Bertz CT molecular complexity index is 542. The van der Waals surface area contributed by atoms with Crippen molar-refractivity contribution in [2.24, 2.45) is 0 Å². The van der Waals surface area contributed by atoms with E-state index < -0.39 is 29.4 Å². The van der Waals surface area contributed by atoms with Crippen LogP contribution in [-0.2, 0) is 29.1 Å². The molecule has 9 nitrogen and oxygen atoms in total. The minimum absolute atomic E-state index is 0.104. The Kier molecular flexibility index (Phi) is 6.13. The van der Waals surface area contributed by atoms with E-state index >= 15 is 0 Å². The lowest BCUT2D eigenvalue weighted by molar-refractivity contribution is -0.381. The summed E-state index contributed by atoms with van der Waals surface area (Å²) in [6.07, 6.45) is -2.30. The first-order valence-electron chi connectivity index (χ1n) is 5.89. The van der Waals surface area contributed by atoms with E-state index in [1.807, 2.05) is 0 Å². The van der Waals surface area contributed by atoms with Crippen LogP contribution in [-0.4, -0.2) is 53.9 Å². The molecule has 0 aromatic heterocycles. The maximum atomic E-state index is 12.5. The third-order valence-corrected chi connectivity index (χ3v) is 2.69. The van der Waals surface area contributed by atoms with Gasteiger partial charge >= 0.3 is 17.5 Å². The number of aliphatic carboxylic acids is 2. The Morgan fingerprint density at radius 1 is 1.05 bits per heavy atom. The average molecular weight is 314 g/mol. The van der Waals surface area contributed by atoms with Gasteiger partial charge in [-0.05, 0) is 0 Å². The van der Waals surface area contributed by atoms with Crippen LogP contribution in [0.25, 0.3) is 0 Å². The number of Topliss-reactive ketones (excluding diaryl/α,β-unsaturated/α-hetero) is 1. The second-order valence-electron chi connectivity index (χ2n) is 3.97. The quantitative estimate of drug-likeness (QED) is 0.286. The van der Waals surface area contributed by atoms with Crippen molar-refractivity contribution in [3.05, 3.63) is 35.9 Å². The number of benzene rings is 1. The van der Waals surface area contributed by atoms with Gasteiger partial charge in [0.25, 0.3) is 0 Å². The zero-order chi connectivity index (χ0) is 16.8. The van der Waals surface area contributed by atoms with Crippen LogP contribution in [0.5, 0.6) is 0 Å². The molecule has 2 N–H and O–H groups in total. The molecule has 0 fully saturated rings. The third-order valence-electron chi connectivity index (χ3n) is 2.69. The summed E-state index contributed by atoms with van der Waals surface area (Å²) in [6.45, 7) is 0. The number of hydrogen-bond acceptors (Lipinski definition) is 7. The van der Waals surface area contributed by atoms with Crippen LogP contribution in [0.4, 0.5) is 0 Å². The van der Waals surface area contributed by atoms with Crippen molar-refractivity contribution in [3.63, 3.8) is 0 Å². The summed E-state index contributed by atoms with van der Waals surface area (Å²) in [6, 6.07) is 7.13. The standard InChI is InChI=1S/C13H14O9/c1-19-21-10(11(15)16)13(12(17)18,22-20-2)9(14)8-6-4-3-5-7-8/h3-7,10H,1-2H3,(H,15,16)(H,17,18). The van der Waals surface area contributed by atoms with Crippen LogP contribution >= 0.6 is 0 Å². The van der Waals surface area contributed by atoms with Gasteiger partial charge in [0.2, 0.25) is 11.9 Å². The molecular formula is C13H14O9. The summed E-state index contributed by atoms with van der Waals surface area (Å²) in [7, 11) is 1.89. The van der Waals surface area contributed by atoms with E-state index in [4.69, 9.17) is 5.11 Å². The predicted molar refractivity (Wildman–Crippen MR) is 68.8 cm³/mol. The number of carboxylic acid groups (broad SMARTS) is 2. The van der Waals surface area contributed by atoms with Gasteiger partial charge in [-0.15, -0.1) is 0 Å². The summed E-state index contributed by atoms with van der Waals surface area (Å²) in [5.74, 6) is -4.87. The van der Waals surface area contributed by atoms with Crippen molar-refractivity contribution in [2.75, 3.05) is 14.2 Å². The highest BCUT2D eigenvalue weighted by Gasteiger charge is 2.61. The SMILES string of the molecule is COOC(C(=O)O)C(OOC)(C(=O)O)C(=O)c1ccccc1. The summed E-state index contributed by atoms with van der Waals surface area (Å²) in [5, 5.41) is 18.6. The zero-order valence-electron chi connectivity index (χ0n) is 11.7. The average Bonchev–Trinajstić information content (AvgIpc) is 2.50. The Balaban J connectivity index is 3.46. The van der Waals surface area contributed by atoms with Gasteiger partial charge in [0.15, 0.2) is 0 Å². The van der Waals surface area contributed by atoms with Crippen LogP contribution in [0.1, 0.15) is 10.4 Å². The predicted octanol–water partition coefficient (Wildman–Crippen LogP) is 0.302. The molecule has 0 aliphatic carbocycles. The summed E-state index contributed by atoms with van der Waals surface area (Å²) < 4.78 is 0. The minimum Gasteiger partial charge on any atom is -0.479 e. The molecule has 0 bridgehead atoms. The first-order valence-corrected chi connectivity index (χ1v) is 5.89. The van der Waals surface area contributed by atoms with Crippen molar-refractivity contribution >= 4 is 17.7 Å². The second-order valence-corrected chi connectivity index (χ2v) is 3.97. The second kappa shape index (κ2) is 7.61. The zero-order valence-corrected chi connectivity index (χ0v) is 11.7. The summed E-state index contributed by atoms with van der Waals surface area (Å²) in [5.41, 5.74) is -3.09. The highest BCUT2D eigenvalue weighted by atomic mass is 17.2. The highest BCUT2D eigenvalue weighted by Crippen LogP contribution is 2.26. The lowest BCUT2D eigenvalue weighted by Gasteiger charge is -2.29. The number of carboxylic acids is 2. The van der Waals surface area contributed by atoms with Crippen molar-refractivity contribution < 1.29 is 44.1 Å². The van der Waals surface area contributed by atoms with Gasteiger partial charge in [-0.3, -0.25) is 4.79 Å². The molecule has 1 aromatic carbocycles. The Morgan fingerprint density at radius 2 is 1.64 bits per heavy atom. The van der Waals surface area contributed by atoms with E-state index in [0.29, 0.717) is 0 Å². The first kappa shape index (κ1) is 17.7. The van der Waals surface area contributed by atoms with Crippen LogP contribution < -0.4 is 0 Å². The number of hydrogen-bond donors (Lipinski definition) is 2. The van der Waals surface area contributed by atoms with E-state index in [-0.39, 0.29) is 5.56 Å². The van der Waals surface area contributed by atoms with Gasteiger partial charge in [-0.1, -0.05) is 30.3 Å². The molecule has 120 valence electrons. The molecule has 2 atom stereocenters. The lowest BCUT2D eigenvalue weighted by atomic mass is 9.87. The largest absolute Gasteiger partial charge is 0.479 e. The molecule has 22 heavy (non-hydrogen) atoms.